The molecular formula is C24H29N3O3. The van der Waals surface area contributed by atoms with Gasteiger partial charge in [-0.05, 0) is 11.5 Å². The Morgan fingerprint density at radius 1 is 0.900 bits per heavy atom. The molecule has 2 aromatic carbocycles. The van der Waals surface area contributed by atoms with Gasteiger partial charge in [-0.15, -0.1) is 0 Å². The highest BCUT2D eigenvalue weighted by atomic mass is 16.2. The number of nitrogens with zero attached hydrogens (tertiary/aromatic N) is 3. The van der Waals surface area contributed by atoms with Crippen LogP contribution < -0.4 is 4.90 Å². The van der Waals surface area contributed by atoms with Crippen LogP contribution in [-0.4, -0.2) is 60.2 Å². The number of piperazine rings is 1. The highest BCUT2D eigenvalue weighted by molar-refractivity contribution is 6.07. The lowest BCUT2D eigenvalue weighted by Crippen LogP contribution is -2.54. The zero-order valence-electron chi connectivity index (χ0n) is 17.9. The first-order valence-electron chi connectivity index (χ1n) is 10.6. The molecule has 0 aromatic heterocycles. The van der Waals surface area contributed by atoms with Crippen LogP contribution in [0, 0.1) is 11.3 Å². The Balaban J connectivity index is 1.43. The molecule has 2 aliphatic heterocycles. The van der Waals surface area contributed by atoms with Crippen molar-refractivity contribution in [1.29, 1.82) is 0 Å². The average Bonchev–Trinajstić information content (AvgIpc) is 3.13. The van der Waals surface area contributed by atoms with Gasteiger partial charge in [-0.3, -0.25) is 14.4 Å². The number of fused-ring (bicyclic) bond motifs is 1. The third-order valence-electron chi connectivity index (χ3n) is 6.05. The molecule has 0 saturated carbocycles. The molecule has 2 fully saturated rings. The Morgan fingerprint density at radius 2 is 1.53 bits per heavy atom. The van der Waals surface area contributed by atoms with Crippen molar-refractivity contribution < 1.29 is 14.4 Å². The predicted octanol–water partition coefficient (Wildman–Crippen LogP) is 2.91. The minimum Gasteiger partial charge on any atom is -0.339 e. The second kappa shape index (κ2) is 7.74. The Morgan fingerprint density at radius 3 is 2.23 bits per heavy atom. The number of hydrogen-bond acceptors (Lipinski definition) is 3. The molecule has 1 atom stereocenters. The van der Waals surface area contributed by atoms with Crippen LogP contribution in [0.25, 0.3) is 10.8 Å². The quantitative estimate of drug-likeness (QED) is 0.769. The zero-order chi connectivity index (χ0) is 21.5. The lowest BCUT2D eigenvalue weighted by atomic mass is 9.94. The van der Waals surface area contributed by atoms with E-state index in [4.69, 9.17) is 0 Å². The van der Waals surface area contributed by atoms with Gasteiger partial charge in [0.1, 0.15) is 0 Å². The van der Waals surface area contributed by atoms with Crippen LogP contribution in [0.5, 0.6) is 0 Å². The number of carbonyl (C=O) groups is 3. The largest absolute Gasteiger partial charge is 0.339 e. The summed E-state index contributed by atoms with van der Waals surface area (Å²) >= 11 is 0. The summed E-state index contributed by atoms with van der Waals surface area (Å²) in [6, 6.07) is 13.9. The monoisotopic (exact) mass is 407 g/mol. The van der Waals surface area contributed by atoms with E-state index < -0.39 is 5.41 Å². The summed E-state index contributed by atoms with van der Waals surface area (Å²) in [7, 11) is 0. The fraction of sp³-hybridized carbons (Fsp3) is 0.458. The SMILES string of the molecule is CC(C)(C)C(=O)N1CCN(C(=O)C2CC(=O)N(c3cccc4ccccc34)C2)CC1. The molecule has 0 spiro atoms. The van der Waals surface area contributed by atoms with E-state index in [0.29, 0.717) is 32.7 Å². The lowest BCUT2D eigenvalue weighted by Gasteiger charge is -2.38. The van der Waals surface area contributed by atoms with Gasteiger partial charge < -0.3 is 14.7 Å². The van der Waals surface area contributed by atoms with E-state index in [1.807, 2.05) is 73.0 Å². The summed E-state index contributed by atoms with van der Waals surface area (Å²) in [4.78, 5) is 43.8. The normalized spacial score (nSPS) is 20.2. The molecule has 2 aliphatic rings. The summed E-state index contributed by atoms with van der Waals surface area (Å²) in [6.45, 7) is 8.31. The molecule has 0 N–H and O–H groups in total. The standard InChI is InChI=1S/C24H29N3O3/c1-24(2,3)23(30)26-13-11-25(12-14-26)22(29)18-15-21(28)27(16-18)20-10-6-8-17-7-4-5-9-19(17)20/h4-10,18H,11-16H2,1-3H3. The van der Waals surface area contributed by atoms with Crippen LogP contribution in [-0.2, 0) is 14.4 Å². The number of benzene rings is 2. The third-order valence-corrected chi connectivity index (χ3v) is 6.05. The van der Waals surface area contributed by atoms with Crippen LogP contribution >= 0.6 is 0 Å². The second-order valence-electron chi connectivity index (χ2n) is 9.27. The van der Waals surface area contributed by atoms with E-state index >= 15 is 0 Å². The summed E-state index contributed by atoms with van der Waals surface area (Å²) in [6.07, 6.45) is 0.239. The zero-order valence-corrected chi connectivity index (χ0v) is 17.9. The number of carbonyl (C=O) groups excluding carboxylic acids is 3. The lowest BCUT2D eigenvalue weighted by molar-refractivity contribution is -0.146. The van der Waals surface area contributed by atoms with Gasteiger partial charge in [0.15, 0.2) is 0 Å². The number of anilines is 1. The summed E-state index contributed by atoms with van der Waals surface area (Å²) < 4.78 is 0. The first-order chi connectivity index (χ1) is 14.3. The van der Waals surface area contributed by atoms with E-state index in [9.17, 15) is 14.4 Å². The first kappa shape index (κ1) is 20.4. The number of rotatable bonds is 2. The Labute approximate surface area is 177 Å². The third kappa shape index (κ3) is 3.78. The van der Waals surface area contributed by atoms with Crippen molar-refractivity contribution in [2.45, 2.75) is 27.2 Å². The summed E-state index contributed by atoms with van der Waals surface area (Å²) in [5.41, 5.74) is 0.456. The smallest absolute Gasteiger partial charge is 0.228 e. The topological polar surface area (TPSA) is 60.9 Å². The van der Waals surface area contributed by atoms with Gasteiger partial charge in [0, 0.05) is 49.9 Å². The molecule has 6 nitrogen and oxygen atoms in total. The minimum absolute atomic E-state index is 0.00810. The maximum atomic E-state index is 13.1. The minimum atomic E-state index is -0.414. The maximum Gasteiger partial charge on any atom is 0.228 e. The van der Waals surface area contributed by atoms with Gasteiger partial charge in [0.2, 0.25) is 17.7 Å². The van der Waals surface area contributed by atoms with Crippen LogP contribution in [0.2, 0.25) is 0 Å². The maximum absolute atomic E-state index is 13.1. The molecule has 4 rings (SSSR count). The Hall–Kier alpha value is -2.89. The molecule has 158 valence electrons. The van der Waals surface area contributed by atoms with Gasteiger partial charge in [0.25, 0.3) is 0 Å². The van der Waals surface area contributed by atoms with Gasteiger partial charge >= 0.3 is 0 Å². The molecule has 2 aromatic rings. The molecular weight excluding hydrogens is 378 g/mol. The molecule has 0 radical (unpaired) electrons. The molecule has 30 heavy (non-hydrogen) atoms. The van der Waals surface area contributed by atoms with Crippen LogP contribution in [0.4, 0.5) is 5.69 Å². The molecule has 2 saturated heterocycles. The van der Waals surface area contributed by atoms with E-state index in [1.165, 1.54) is 0 Å². The van der Waals surface area contributed by atoms with Crippen molar-refractivity contribution in [3.8, 4) is 0 Å². The number of hydrogen-bond donors (Lipinski definition) is 0. The molecule has 0 bridgehead atoms. The van der Waals surface area contributed by atoms with Gasteiger partial charge in [-0.25, -0.2) is 0 Å². The molecule has 3 amide bonds. The Bertz CT molecular complexity index is 981. The molecule has 2 heterocycles. The highest BCUT2D eigenvalue weighted by Crippen LogP contribution is 2.32. The van der Waals surface area contributed by atoms with Gasteiger partial charge in [-0.2, -0.15) is 0 Å². The summed E-state index contributed by atoms with van der Waals surface area (Å²) in [5, 5.41) is 2.10. The molecule has 0 aliphatic carbocycles. The average molecular weight is 408 g/mol. The van der Waals surface area contributed by atoms with Gasteiger partial charge in [-0.1, -0.05) is 57.2 Å². The first-order valence-corrected chi connectivity index (χ1v) is 10.6. The van der Waals surface area contributed by atoms with Crippen LogP contribution in [0.3, 0.4) is 0 Å². The fourth-order valence-electron chi connectivity index (χ4n) is 4.41. The Kier molecular flexibility index (Phi) is 5.26. The van der Waals surface area contributed by atoms with E-state index in [1.54, 1.807) is 4.90 Å². The van der Waals surface area contributed by atoms with Crippen LogP contribution in [0.15, 0.2) is 42.5 Å². The molecule has 1 unspecified atom stereocenters. The van der Waals surface area contributed by atoms with Crippen molar-refractivity contribution in [1.82, 2.24) is 9.80 Å². The highest BCUT2D eigenvalue weighted by Gasteiger charge is 2.39. The van der Waals surface area contributed by atoms with Crippen molar-refractivity contribution >= 4 is 34.2 Å². The molecule has 6 heteroatoms. The van der Waals surface area contributed by atoms with Crippen molar-refractivity contribution in [2.24, 2.45) is 11.3 Å². The summed E-state index contributed by atoms with van der Waals surface area (Å²) in [5.74, 6) is -0.200. The van der Waals surface area contributed by atoms with E-state index in [2.05, 4.69) is 0 Å². The van der Waals surface area contributed by atoms with E-state index in [-0.39, 0.29) is 30.1 Å². The van der Waals surface area contributed by atoms with Crippen molar-refractivity contribution in [2.75, 3.05) is 37.6 Å². The van der Waals surface area contributed by atoms with Crippen molar-refractivity contribution in [3.63, 3.8) is 0 Å². The van der Waals surface area contributed by atoms with Gasteiger partial charge in [0.05, 0.1) is 11.6 Å². The second-order valence-corrected chi connectivity index (χ2v) is 9.27. The number of amides is 3. The fourth-order valence-corrected chi connectivity index (χ4v) is 4.41. The van der Waals surface area contributed by atoms with E-state index in [0.717, 1.165) is 16.5 Å². The van der Waals surface area contributed by atoms with Crippen LogP contribution in [0.1, 0.15) is 27.2 Å². The predicted molar refractivity (Wildman–Crippen MR) is 117 cm³/mol. The van der Waals surface area contributed by atoms with Crippen molar-refractivity contribution in [3.05, 3.63) is 42.5 Å².